The van der Waals surface area contributed by atoms with Gasteiger partial charge in [0.05, 0.1) is 12.4 Å². The topological polar surface area (TPSA) is 64.2 Å². The summed E-state index contributed by atoms with van der Waals surface area (Å²) in [6.45, 7) is 2.91. The lowest BCUT2D eigenvalue weighted by atomic mass is 10.0. The molecule has 0 bridgehead atoms. The number of carbonyl (C=O) groups excluding carboxylic acids is 1. The van der Waals surface area contributed by atoms with Crippen LogP contribution in [0.2, 0.25) is 5.02 Å². The third kappa shape index (κ3) is 4.12. The fourth-order valence-corrected chi connectivity index (χ4v) is 3.86. The summed E-state index contributed by atoms with van der Waals surface area (Å²) in [5, 5.41) is 4.94. The number of hydrogen-bond donors (Lipinski definition) is 0. The van der Waals surface area contributed by atoms with Gasteiger partial charge in [0, 0.05) is 24.2 Å². The van der Waals surface area contributed by atoms with Crippen molar-refractivity contribution in [1.29, 1.82) is 0 Å². The first-order valence-corrected chi connectivity index (χ1v) is 9.94. The second kappa shape index (κ2) is 8.19. The predicted molar refractivity (Wildman–Crippen MR) is 106 cm³/mol. The second-order valence-electron chi connectivity index (χ2n) is 7.25. The molecule has 0 N–H and O–H groups in total. The highest BCUT2D eigenvalue weighted by Crippen LogP contribution is 2.31. The molecular weight excluding hydrogens is 376 g/mol. The maximum Gasteiger partial charge on any atom is 0.244 e. The highest BCUT2D eigenvalue weighted by atomic mass is 35.5. The van der Waals surface area contributed by atoms with Crippen molar-refractivity contribution < 1.29 is 9.21 Å². The van der Waals surface area contributed by atoms with Crippen LogP contribution in [0, 0.1) is 6.92 Å². The summed E-state index contributed by atoms with van der Waals surface area (Å²) in [5.41, 5.74) is 2.04. The van der Waals surface area contributed by atoms with Crippen molar-refractivity contribution in [2.45, 2.75) is 45.2 Å². The van der Waals surface area contributed by atoms with E-state index >= 15 is 0 Å². The smallest absolute Gasteiger partial charge is 0.244 e. The van der Waals surface area contributed by atoms with E-state index in [1.54, 1.807) is 17.1 Å². The highest BCUT2D eigenvalue weighted by Gasteiger charge is 2.31. The lowest BCUT2D eigenvalue weighted by Crippen LogP contribution is -2.40. The third-order valence-electron chi connectivity index (χ3n) is 5.06. The Morgan fingerprint density at radius 1 is 1.29 bits per heavy atom. The molecule has 1 aliphatic heterocycles. The summed E-state index contributed by atoms with van der Waals surface area (Å²) in [5.74, 6) is 1.40. The Labute approximate surface area is 169 Å². The van der Waals surface area contributed by atoms with Crippen LogP contribution in [0.4, 0.5) is 0 Å². The number of aromatic nitrogens is 3. The van der Waals surface area contributed by atoms with Crippen molar-refractivity contribution in [3.63, 3.8) is 0 Å². The predicted octanol–water partition coefficient (Wildman–Crippen LogP) is 4.18. The molecule has 4 rings (SSSR count). The van der Waals surface area contributed by atoms with Crippen LogP contribution < -0.4 is 0 Å². The van der Waals surface area contributed by atoms with Crippen molar-refractivity contribution in [3.05, 3.63) is 70.7 Å². The van der Waals surface area contributed by atoms with E-state index in [4.69, 9.17) is 16.0 Å². The molecule has 1 aromatic carbocycles. The molecule has 6 nitrogen and oxygen atoms in total. The zero-order valence-corrected chi connectivity index (χ0v) is 16.6. The van der Waals surface area contributed by atoms with Crippen LogP contribution in [0.15, 0.2) is 47.3 Å². The maximum absolute atomic E-state index is 12.9. The van der Waals surface area contributed by atoms with Crippen molar-refractivity contribution in [2.24, 2.45) is 0 Å². The van der Waals surface area contributed by atoms with Crippen LogP contribution in [0.5, 0.6) is 0 Å². The molecule has 3 aromatic rings. The molecule has 1 fully saturated rings. The Bertz CT molecular complexity index is 965. The quantitative estimate of drug-likeness (QED) is 0.646. The molecule has 1 aliphatic rings. The summed E-state index contributed by atoms with van der Waals surface area (Å²) in [6, 6.07) is 7.58. The first-order chi connectivity index (χ1) is 13.6. The van der Waals surface area contributed by atoms with E-state index in [2.05, 4.69) is 10.1 Å². The first kappa shape index (κ1) is 18.7. The largest absolute Gasteiger partial charge is 0.443 e. The summed E-state index contributed by atoms with van der Waals surface area (Å²) in [7, 11) is 0. The first-order valence-electron chi connectivity index (χ1n) is 9.56. The monoisotopic (exact) mass is 398 g/mol. The fourth-order valence-electron chi connectivity index (χ4n) is 3.66. The van der Waals surface area contributed by atoms with Crippen LogP contribution in [0.1, 0.15) is 48.1 Å². The van der Waals surface area contributed by atoms with E-state index in [1.807, 2.05) is 42.3 Å². The molecule has 1 saturated heterocycles. The molecule has 0 unspecified atom stereocenters. The third-order valence-corrected chi connectivity index (χ3v) is 5.43. The van der Waals surface area contributed by atoms with Crippen LogP contribution in [0.3, 0.4) is 0 Å². The molecule has 146 valence electrons. The van der Waals surface area contributed by atoms with Gasteiger partial charge in [0.2, 0.25) is 11.8 Å². The SMILES string of the molecule is Cc1cnn(CC(=O)N2CCCC[C@@H]2c2ncc(Cc3ccccc3Cl)o2)c1. The Kier molecular flexibility index (Phi) is 5.48. The van der Waals surface area contributed by atoms with Crippen molar-refractivity contribution in [2.75, 3.05) is 6.54 Å². The second-order valence-corrected chi connectivity index (χ2v) is 7.65. The molecular formula is C21H23ClN4O2. The standard InChI is InChI=1S/C21H23ClN4O2/c1-15-11-24-25(13-15)14-20(27)26-9-5-4-8-19(26)21-23-12-17(28-21)10-16-6-2-3-7-18(16)22/h2-3,6-7,11-13,19H,4-5,8-10,14H2,1H3/t19-/m1/s1. The van der Waals surface area contributed by atoms with Gasteiger partial charge in [-0.15, -0.1) is 0 Å². The number of oxazole rings is 1. The molecule has 3 heterocycles. The van der Waals surface area contributed by atoms with Gasteiger partial charge in [-0.1, -0.05) is 29.8 Å². The van der Waals surface area contributed by atoms with Crippen LogP contribution in [-0.4, -0.2) is 32.1 Å². The minimum absolute atomic E-state index is 0.0404. The number of aryl methyl sites for hydroxylation is 1. The number of carbonyl (C=O) groups is 1. The van der Waals surface area contributed by atoms with Gasteiger partial charge in [0.25, 0.3) is 0 Å². The van der Waals surface area contributed by atoms with Gasteiger partial charge in [-0.3, -0.25) is 9.48 Å². The van der Waals surface area contributed by atoms with Gasteiger partial charge in [-0.2, -0.15) is 5.10 Å². The maximum atomic E-state index is 12.9. The number of benzene rings is 1. The van der Waals surface area contributed by atoms with Gasteiger partial charge in [-0.05, 0) is 43.4 Å². The molecule has 0 radical (unpaired) electrons. The summed E-state index contributed by atoms with van der Waals surface area (Å²) >= 11 is 6.25. The number of hydrogen-bond acceptors (Lipinski definition) is 4. The number of amides is 1. The molecule has 0 aliphatic carbocycles. The average molecular weight is 399 g/mol. The van der Waals surface area contributed by atoms with Gasteiger partial charge in [0.1, 0.15) is 18.3 Å². The highest BCUT2D eigenvalue weighted by molar-refractivity contribution is 6.31. The fraction of sp³-hybridized carbons (Fsp3) is 0.381. The number of halogens is 1. The minimum Gasteiger partial charge on any atom is -0.443 e. The molecule has 0 saturated carbocycles. The average Bonchev–Trinajstić information content (AvgIpc) is 3.32. The van der Waals surface area contributed by atoms with Gasteiger partial charge in [0.15, 0.2) is 0 Å². The number of likely N-dealkylation sites (tertiary alicyclic amines) is 1. The molecule has 1 amide bonds. The Balaban J connectivity index is 1.49. The van der Waals surface area contributed by atoms with E-state index in [-0.39, 0.29) is 18.5 Å². The Morgan fingerprint density at radius 2 is 2.14 bits per heavy atom. The van der Waals surface area contributed by atoms with E-state index in [0.717, 1.165) is 36.1 Å². The number of nitrogens with zero attached hydrogens (tertiary/aromatic N) is 4. The zero-order valence-electron chi connectivity index (χ0n) is 15.8. The zero-order chi connectivity index (χ0) is 19.5. The Hall–Kier alpha value is -2.60. The lowest BCUT2D eigenvalue weighted by molar-refractivity contribution is -0.136. The van der Waals surface area contributed by atoms with Crippen LogP contribution >= 0.6 is 11.6 Å². The van der Waals surface area contributed by atoms with Crippen molar-refractivity contribution in [1.82, 2.24) is 19.7 Å². The normalized spacial score (nSPS) is 17.1. The summed E-state index contributed by atoms with van der Waals surface area (Å²) in [6.07, 6.45) is 8.87. The van der Waals surface area contributed by atoms with E-state index in [1.165, 1.54) is 0 Å². The van der Waals surface area contributed by atoms with Crippen LogP contribution in [0.25, 0.3) is 0 Å². The molecule has 28 heavy (non-hydrogen) atoms. The van der Waals surface area contributed by atoms with E-state index < -0.39 is 0 Å². The van der Waals surface area contributed by atoms with E-state index in [0.29, 0.717) is 23.9 Å². The number of piperidine rings is 1. The van der Waals surface area contributed by atoms with Crippen LogP contribution in [-0.2, 0) is 17.8 Å². The summed E-state index contributed by atoms with van der Waals surface area (Å²) in [4.78, 5) is 19.2. The minimum atomic E-state index is -0.127. The van der Waals surface area contributed by atoms with Gasteiger partial charge < -0.3 is 9.32 Å². The Morgan fingerprint density at radius 3 is 2.93 bits per heavy atom. The van der Waals surface area contributed by atoms with Gasteiger partial charge >= 0.3 is 0 Å². The molecule has 7 heteroatoms. The molecule has 2 aromatic heterocycles. The number of rotatable bonds is 5. The summed E-state index contributed by atoms with van der Waals surface area (Å²) < 4.78 is 7.71. The van der Waals surface area contributed by atoms with Crippen molar-refractivity contribution in [3.8, 4) is 0 Å². The molecule has 1 atom stereocenters. The van der Waals surface area contributed by atoms with E-state index in [9.17, 15) is 4.79 Å². The lowest BCUT2D eigenvalue weighted by Gasteiger charge is -2.33. The van der Waals surface area contributed by atoms with Gasteiger partial charge in [-0.25, -0.2) is 4.98 Å². The van der Waals surface area contributed by atoms with Crippen molar-refractivity contribution >= 4 is 17.5 Å². The molecule has 0 spiro atoms.